The van der Waals surface area contributed by atoms with Crippen molar-refractivity contribution in [3.63, 3.8) is 0 Å². The monoisotopic (exact) mass is 457 g/mol. The minimum Gasteiger partial charge on any atom is -0.487 e. The molecule has 2 heterocycles. The highest BCUT2D eigenvalue weighted by molar-refractivity contribution is 5.88. The van der Waals surface area contributed by atoms with Gasteiger partial charge in [0.2, 0.25) is 11.8 Å². The summed E-state index contributed by atoms with van der Waals surface area (Å²) in [4.78, 5) is 32.2. The lowest BCUT2D eigenvalue weighted by Gasteiger charge is -2.36. The molecule has 0 fully saturated rings. The van der Waals surface area contributed by atoms with Crippen LogP contribution in [0.2, 0.25) is 0 Å². The van der Waals surface area contributed by atoms with Crippen LogP contribution in [0.15, 0.2) is 72.9 Å². The summed E-state index contributed by atoms with van der Waals surface area (Å²) in [6.07, 6.45) is 2.70. The summed E-state index contributed by atoms with van der Waals surface area (Å²) in [5.74, 6) is 0.848. The van der Waals surface area contributed by atoms with Crippen LogP contribution >= 0.6 is 0 Å². The molecule has 1 atom stereocenters. The topological polar surface area (TPSA) is 71.5 Å². The highest BCUT2D eigenvalue weighted by atomic mass is 16.5. The molecule has 6 heteroatoms. The van der Waals surface area contributed by atoms with Crippen molar-refractivity contribution >= 4 is 11.8 Å². The maximum Gasteiger partial charge on any atom is 0.243 e. The fraction of sp³-hybridized carbons (Fsp3) is 0.321. The minimum absolute atomic E-state index is 0.0228. The van der Waals surface area contributed by atoms with E-state index in [4.69, 9.17) is 4.74 Å². The van der Waals surface area contributed by atoms with E-state index in [0.717, 1.165) is 28.1 Å². The second-order valence-electron chi connectivity index (χ2n) is 9.08. The van der Waals surface area contributed by atoms with E-state index in [2.05, 4.69) is 10.3 Å². The number of pyridine rings is 1. The zero-order chi connectivity index (χ0) is 23.9. The summed E-state index contributed by atoms with van der Waals surface area (Å²) in [5, 5.41) is 3.04. The fourth-order valence-corrected chi connectivity index (χ4v) is 4.18. The maximum atomic E-state index is 13.2. The van der Waals surface area contributed by atoms with Crippen LogP contribution in [0.3, 0.4) is 0 Å². The largest absolute Gasteiger partial charge is 0.487 e. The number of carbonyl (C=O) groups excluding carboxylic acids is 2. The van der Waals surface area contributed by atoms with Crippen molar-refractivity contribution in [3.8, 4) is 5.75 Å². The molecular formula is C28H31N3O3. The summed E-state index contributed by atoms with van der Waals surface area (Å²) in [7, 11) is 0. The van der Waals surface area contributed by atoms with Gasteiger partial charge in [0.15, 0.2) is 0 Å². The molecule has 0 saturated heterocycles. The lowest BCUT2D eigenvalue weighted by molar-refractivity contribution is -0.142. The van der Waals surface area contributed by atoms with Crippen LogP contribution in [0.25, 0.3) is 0 Å². The molecule has 1 N–H and O–H groups in total. The van der Waals surface area contributed by atoms with E-state index in [1.165, 1.54) is 0 Å². The normalized spacial score (nSPS) is 15.0. The Hall–Kier alpha value is -3.67. The Labute approximate surface area is 201 Å². The van der Waals surface area contributed by atoms with E-state index >= 15 is 0 Å². The SMILES string of the molecule is CC(C)CC(=O)N1Cc2ccccc2CC1C(=O)NCc1cccc(OCc2ccccn2)c1. The van der Waals surface area contributed by atoms with Gasteiger partial charge in [-0.3, -0.25) is 14.6 Å². The van der Waals surface area contributed by atoms with Gasteiger partial charge in [-0.15, -0.1) is 0 Å². The number of benzene rings is 2. The molecule has 34 heavy (non-hydrogen) atoms. The zero-order valence-electron chi connectivity index (χ0n) is 19.7. The molecule has 0 spiro atoms. The Morgan fingerprint density at radius 1 is 1.06 bits per heavy atom. The van der Waals surface area contributed by atoms with Crippen molar-refractivity contribution in [2.24, 2.45) is 5.92 Å². The quantitative estimate of drug-likeness (QED) is 0.548. The third-order valence-corrected chi connectivity index (χ3v) is 5.93. The lowest BCUT2D eigenvalue weighted by Crippen LogP contribution is -2.52. The number of rotatable bonds is 8. The van der Waals surface area contributed by atoms with E-state index in [1.807, 2.05) is 80.6 Å². The second-order valence-corrected chi connectivity index (χ2v) is 9.08. The molecule has 4 rings (SSSR count). The molecular weight excluding hydrogens is 426 g/mol. The minimum atomic E-state index is -0.510. The average Bonchev–Trinajstić information content (AvgIpc) is 2.85. The van der Waals surface area contributed by atoms with Crippen LogP contribution in [0, 0.1) is 5.92 Å². The molecule has 1 unspecified atom stereocenters. The van der Waals surface area contributed by atoms with Crippen LogP contribution in [0.1, 0.15) is 42.7 Å². The zero-order valence-corrected chi connectivity index (χ0v) is 19.7. The van der Waals surface area contributed by atoms with Crippen molar-refractivity contribution in [2.45, 2.75) is 52.4 Å². The molecule has 3 aromatic rings. The molecule has 0 aliphatic carbocycles. The number of carbonyl (C=O) groups is 2. The van der Waals surface area contributed by atoms with E-state index in [9.17, 15) is 9.59 Å². The van der Waals surface area contributed by atoms with Gasteiger partial charge in [0.1, 0.15) is 18.4 Å². The predicted octanol–water partition coefficient (Wildman–Crippen LogP) is 4.28. The number of nitrogens with one attached hydrogen (secondary N) is 1. The molecule has 6 nitrogen and oxygen atoms in total. The molecule has 0 bridgehead atoms. The Bertz CT molecular complexity index is 1130. The van der Waals surface area contributed by atoms with Crippen LogP contribution in [-0.2, 0) is 35.7 Å². The van der Waals surface area contributed by atoms with Crippen molar-refractivity contribution in [2.75, 3.05) is 0 Å². The first kappa shape index (κ1) is 23.5. The number of hydrogen-bond donors (Lipinski definition) is 1. The molecule has 0 radical (unpaired) electrons. The van der Waals surface area contributed by atoms with Gasteiger partial charge in [0.05, 0.1) is 5.69 Å². The molecule has 1 aliphatic heterocycles. The molecule has 2 aromatic carbocycles. The molecule has 1 aromatic heterocycles. The third-order valence-electron chi connectivity index (χ3n) is 5.93. The van der Waals surface area contributed by atoms with Crippen LogP contribution in [0.4, 0.5) is 0 Å². The van der Waals surface area contributed by atoms with Crippen LogP contribution in [0.5, 0.6) is 5.75 Å². The Morgan fingerprint density at radius 2 is 1.85 bits per heavy atom. The number of nitrogens with zero attached hydrogens (tertiary/aromatic N) is 2. The van der Waals surface area contributed by atoms with Gasteiger partial charge in [-0.25, -0.2) is 0 Å². The Kier molecular flexibility index (Phi) is 7.58. The first-order valence-corrected chi connectivity index (χ1v) is 11.7. The Balaban J connectivity index is 1.41. The van der Waals surface area contributed by atoms with E-state index in [0.29, 0.717) is 32.5 Å². The first-order valence-electron chi connectivity index (χ1n) is 11.7. The van der Waals surface area contributed by atoms with Gasteiger partial charge in [0.25, 0.3) is 0 Å². The molecule has 2 amide bonds. The van der Waals surface area contributed by atoms with Gasteiger partial charge in [0, 0.05) is 32.1 Å². The number of fused-ring (bicyclic) bond motifs is 1. The molecule has 1 aliphatic rings. The molecule has 176 valence electrons. The molecule has 0 saturated carbocycles. The van der Waals surface area contributed by atoms with Gasteiger partial charge in [-0.1, -0.05) is 56.3 Å². The average molecular weight is 458 g/mol. The van der Waals surface area contributed by atoms with Crippen LogP contribution in [-0.4, -0.2) is 27.7 Å². The number of aromatic nitrogens is 1. The van der Waals surface area contributed by atoms with Gasteiger partial charge in [-0.2, -0.15) is 0 Å². The summed E-state index contributed by atoms with van der Waals surface area (Å²) >= 11 is 0. The van der Waals surface area contributed by atoms with Gasteiger partial charge < -0.3 is 15.0 Å². The number of amides is 2. The lowest BCUT2D eigenvalue weighted by atomic mass is 9.92. The highest BCUT2D eigenvalue weighted by Crippen LogP contribution is 2.25. The van der Waals surface area contributed by atoms with Gasteiger partial charge >= 0.3 is 0 Å². The van der Waals surface area contributed by atoms with E-state index in [1.54, 1.807) is 11.1 Å². The number of hydrogen-bond acceptors (Lipinski definition) is 4. The highest BCUT2D eigenvalue weighted by Gasteiger charge is 2.34. The van der Waals surface area contributed by atoms with E-state index in [-0.39, 0.29) is 17.7 Å². The van der Waals surface area contributed by atoms with Crippen molar-refractivity contribution in [1.82, 2.24) is 15.2 Å². The Morgan fingerprint density at radius 3 is 2.62 bits per heavy atom. The van der Waals surface area contributed by atoms with E-state index < -0.39 is 6.04 Å². The first-order chi connectivity index (χ1) is 16.5. The maximum absolute atomic E-state index is 13.2. The van der Waals surface area contributed by atoms with Crippen molar-refractivity contribution < 1.29 is 14.3 Å². The predicted molar refractivity (Wildman–Crippen MR) is 131 cm³/mol. The fourth-order valence-electron chi connectivity index (χ4n) is 4.18. The summed E-state index contributed by atoms with van der Waals surface area (Å²) < 4.78 is 5.85. The second kappa shape index (κ2) is 11.0. The van der Waals surface area contributed by atoms with Crippen molar-refractivity contribution in [1.29, 1.82) is 0 Å². The van der Waals surface area contributed by atoms with Crippen LogP contribution < -0.4 is 10.1 Å². The number of ether oxygens (including phenoxy) is 1. The summed E-state index contributed by atoms with van der Waals surface area (Å²) in [5.41, 5.74) is 4.02. The van der Waals surface area contributed by atoms with Gasteiger partial charge in [-0.05, 0) is 46.9 Å². The smallest absolute Gasteiger partial charge is 0.243 e. The standard InChI is InChI=1S/C28H31N3O3/c1-20(2)14-27(32)31-18-23-10-4-3-9-22(23)16-26(31)28(33)30-17-21-8-7-12-25(15-21)34-19-24-11-5-6-13-29-24/h3-13,15,20,26H,14,16-19H2,1-2H3,(H,30,33). The summed E-state index contributed by atoms with van der Waals surface area (Å²) in [6, 6.07) is 20.9. The van der Waals surface area contributed by atoms with Crippen molar-refractivity contribution in [3.05, 3.63) is 95.3 Å². The third kappa shape index (κ3) is 6.01. The summed E-state index contributed by atoms with van der Waals surface area (Å²) in [6.45, 7) is 5.26.